The quantitative estimate of drug-likeness (QED) is 0.485. The van der Waals surface area contributed by atoms with E-state index in [2.05, 4.69) is 10.1 Å². The third kappa shape index (κ3) is 3.80. The van der Waals surface area contributed by atoms with Gasteiger partial charge in [0.05, 0.1) is 11.1 Å². The molecule has 2 bridgehead atoms. The minimum absolute atomic E-state index is 0.219. The van der Waals surface area contributed by atoms with E-state index < -0.39 is 64.5 Å². The lowest BCUT2D eigenvalue weighted by Crippen LogP contribution is -2.56. The minimum Gasteiger partial charge on any atom is -0.428 e. The van der Waals surface area contributed by atoms with Crippen LogP contribution < -0.4 is 11.1 Å². The molecule has 8 nitrogen and oxygen atoms in total. The van der Waals surface area contributed by atoms with Crippen molar-refractivity contribution < 1.29 is 36.7 Å². The van der Waals surface area contributed by atoms with Crippen molar-refractivity contribution in [2.45, 2.75) is 63.1 Å². The molecule has 2 heterocycles. The molecule has 2 amide bonds. The van der Waals surface area contributed by atoms with Gasteiger partial charge in [-0.05, 0) is 42.7 Å². The molecule has 2 aromatic heterocycles. The van der Waals surface area contributed by atoms with E-state index in [1.165, 1.54) is 6.92 Å². The molecule has 3 N–H and O–H groups in total. The van der Waals surface area contributed by atoms with E-state index in [0.29, 0.717) is 29.9 Å². The second-order valence-corrected chi connectivity index (χ2v) is 10.4. The summed E-state index contributed by atoms with van der Waals surface area (Å²) in [6.07, 6.45) is -3.45. The van der Waals surface area contributed by atoms with Gasteiger partial charge in [0.2, 0.25) is 5.92 Å². The second kappa shape index (κ2) is 7.14. The van der Waals surface area contributed by atoms with E-state index in [9.17, 15) is 36.7 Å². The molecule has 4 aliphatic rings. The molecular formula is C22H22F5N5O3. The van der Waals surface area contributed by atoms with E-state index in [1.807, 2.05) is 0 Å². The zero-order valence-electron chi connectivity index (χ0n) is 18.6. The Balaban J connectivity index is 1.64. The number of carbonyl (C=O) groups is 2. The molecule has 0 unspecified atom stereocenters. The van der Waals surface area contributed by atoms with Gasteiger partial charge >= 0.3 is 6.18 Å². The highest BCUT2D eigenvalue weighted by Gasteiger charge is 2.62. The average Bonchev–Trinajstić information content (AvgIpc) is 2.97. The number of carbonyl (C=O) groups excluding carboxylic acids is 2. The molecule has 0 aromatic carbocycles. The minimum atomic E-state index is -4.93. The van der Waals surface area contributed by atoms with Crippen LogP contribution in [-0.4, -0.2) is 37.5 Å². The summed E-state index contributed by atoms with van der Waals surface area (Å²) >= 11 is 0. The molecule has 0 spiro atoms. The Morgan fingerprint density at radius 3 is 2.37 bits per heavy atom. The van der Waals surface area contributed by atoms with Crippen LogP contribution in [0.5, 0.6) is 0 Å². The third-order valence-corrected chi connectivity index (χ3v) is 7.28. The number of amides is 2. The van der Waals surface area contributed by atoms with Gasteiger partial charge in [-0.25, -0.2) is 13.8 Å². The van der Waals surface area contributed by atoms with Crippen molar-refractivity contribution in [1.29, 1.82) is 0 Å². The van der Waals surface area contributed by atoms with Gasteiger partial charge in [-0.2, -0.15) is 23.0 Å². The van der Waals surface area contributed by atoms with Crippen LogP contribution in [-0.2, 0) is 18.1 Å². The smallest absolute Gasteiger partial charge is 0.420 e. The van der Waals surface area contributed by atoms with Crippen LogP contribution in [0.25, 0.3) is 0 Å². The fourth-order valence-corrected chi connectivity index (χ4v) is 5.78. The highest BCUT2D eigenvalue weighted by molar-refractivity contribution is 5.95. The predicted octanol–water partition coefficient (Wildman–Crippen LogP) is 3.27. The number of alkyl halides is 5. The van der Waals surface area contributed by atoms with E-state index in [4.69, 9.17) is 5.73 Å². The van der Waals surface area contributed by atoms with Crippen molar-refractivity contribution in [1.82, 2.24) is 14.5 Å². The molecule has 35 heavy (non-hydrogen) atoms. The van der Waals surface area contributed by atoms with Crippen LogP contribution in [0.15, 0.2) is 23.3 Å². The lowest BCUT2D eigenvalue weighted by molar-refractivity contribution is -0.160. The van der Waals surface area contributed by atoms with Gasteiger partial charge in [-0.1, -0.05) is 6.92 Å². The highest BCUT2D eigenvalue weighted by atomic mass is 19.4. The van der Waals surface area contributed by atoms with Crippen LogP contribution in [0.1, 0.15) is 71.3 Å². The molecular weight excluding hydrogens is 477 g/mol. The Bertz CT molecular complexity index is 1300. The van der Waals surface area contributed by atoms with Crippen molar-refractivity contribution in [2.75, 3.05) is 0 Å². The summed E-state index contributed by atoms with van der Waals surface area (Å²) in [7, 11) is 0. The molecule has 4 fully saturated rings. The molecule has 0 atom stereocenters. The zero-order valence-corrected chi connectivity index (χ0v) is 18.6. The Labute approximate surface area is 195 Å². The number of pyridine rings is 1. The molecule has 188 valence electrons. The van der Waals surface area contributed by atoms with Crippen LogP contribution in [0.3, 0.4) is 0 Å². The first-order valence-corrected chi connectivity index (χ1v) is 11.0. The van der Waals surface area contributed by atoms with Crippen LogP contribution >= 0.6 is 0 Å². The lowest BCUT2D eigenvalue weighted by Gasteiger charge is -2.61. The van der Waals surface area contributed by atoms with Crippen LogP contribution in [0, 0.1) is 11.3 Å². The second-order valence-electron chi connectivity index (χ2n) is 10.4. The number of nitrogens with two attached hydrogens (primary N) is 1. The number of aromatic nitrogens is 3. The molecule has 4 aliphatic carbocycles. The molecule has 0 radical (unpaired) electrons. The Morgan fingerprint density at radius 2 is 1.89 bits per heavy atom. The summed E-state index contributed by atoms with van der Waals surface area (Å²) in [5.74, 6) is -4.93. The summed E-state index contributed by atoms with van der Waals surface area (Å²) in [5.41, 5.74) is 0.643. The molecule has 0 saturated heterocycles. The fraction of sp³-hybridized carbons (Fsp3) is 0.545. The molecule has 13 heteroatoms. The van der Waals surface area contributed by atoms with Crippen LogP contribution in [0.4, 0.5) is 22.0 Å². The zero-order chi connectivity index (χ0) is 25.6. The average molecular weight is 499 g/mol. The van der Waals surface area contributed by atoms with E-state index in [-0.39, 0.29) is 17.6 Å². The predicted molar refractivity (Wildman–Crippen MR) is 109 cm³/mol. The molecule has 6 rings (SSSR count). The first kappa shape index (κ1) is 23.5. The Morgan fingerprint density at radius 1 is 1.26 bits per heavy atom. The van der Waals surface area contributed by atoms with E-state index >= 15 is 0 Å². The number of halogens is 5. The lowest BCUT2D eigenvalue weighted by atomic mass is 9.43. The molecule has 2 aromatic rings. The van der Waals surface area contributed by atoms with Gasteiger partial charge in [0.1, 0.15) is 17.0 Å². The first-order chi connectivity index (χ1) is 16.1. The first-order valence-electron chi connectivity index (χ1n) is 11.0. The van der Waals surface area contributed by atoms with E-state index in [0.717, 1.165) is 23.0 Å². The van der Waals surface area contributed by atoms with Gasteiger partial charge in [-0.15, -0.1) is 0 Å². The van der Waals surface area contributed by atoms with Crippen molar-refractivity contribution in [2.24, 2.45) is 22.1 Å². The summed E-state index contributed by atoms with van der Waals surface area (Å²) < 4.78 is 71.5. The van der Waals surface area contributed by atoms with Crippen molar-refractivity contribution in [3.8, 4) is 0 Å². The molecule has 0 aliphatic heterocycles. The standard InChI is InChI=1S/C22H22F5N5O3/c1-19(8-21(23,24)9-19)10-31-15(18(34)29-12-2-3-32(35)13(4-12)17(28)33)14(22(25,26)27)16(30-31)20-5-11(6-20)7-20/h2-4,11,35H,5-10H2,1H3,(H2,28,33). The van der Waals surface area contributed by atoms with Gasteiger partial charge in [0, 0.05) is 31.0 Å². The number of nitrogens with zero attached hydrogens (tertiary/aromatic N) is 4. The Hall–Kier alpha value is -3.25. The van der Waals surface area contributed by atoms with E-state index in [1.54, 1.807) is 0 Å². The third-order valence-electron chi connectivity index (χ3n) is 7.28. The van der Waals surface area contributed by atoms with Crippen molar-refractivity contribution >= 4 is 11.8 Å². The number of hydrogen-bond acceptors (Lipinski definition) is 4. The summed E-state index contributed by atoms with van der Waals surface area (Å²) in [6, 6.07) is 2.05. The monoisotopic (exact) mass is 499 g/mol. The Kier molecular flexibility index (Phi) is 4.79. The number of primary amides is 1. The summed E-state index contributed by atoms with van der Waals surface area (Å²) in [6.45, 7) is 1.21. The largest absolute Gasteiger partial charge is 0.428 e. The van der Waals surface area contributed by atoms with Crippen molar-refractivity contribution in [3.05, 3.63) is 46.3 Å². The maximum atomic E-state index is 14.3. The van der Waals surface area contributed by atoms with Crippen LogP contribution in [0.2, 0.25) is 0 Å². The summed E-state index contributed by atoms with van der Waals surface area (Å²) in [4.78, 5) is 28.4. The SMILES string of the molecule is CC1(Cn2nc(C34CC(C3)C4)c(C(F)(F)F)c2C(=O)N=c2ccn(O)c(C(N)=O)c2)CC(F)(F)C1. The maximum absolute atomic E-state index is 14.3. The maximum Gasteiger partial charge on any atom is 0.420 e. The van der Waals surface area contributed by atoms with Gasteiger partial charge in [0.15, 0.2) is 0 Å². The van der Waals surface area contributed by atoms with Gasteiger partial charge in [-0.3, -0.25) is 14.3 Å². The number of hydrogen-bond donors (Lipinski definition) is 2. The summed E-state index contributed by atoms with van der Waals surface area (Å²) in [5, 5.41) is 13.6. The molecule has 4 saturated carbocycles. The normalized spacial score (nSPS) is 26.5. The topological polar surface area (TPSA) is 116 Å². The van der Waals surface area contributed by atoms with Gasteiger partial charge in [0.25, 0.3) is 11.8 Å². The highest BCUT2D eigenvalue weighted by Crippen LogP contribution is 2.66. The fourth-order valence-electron chi connectivity index (χ4n) is 5.78. The van der Waals surface area contributed by atoms with Crippen molar-refractivity contribution in [3.63, 3.8) is 0 Å². The van der Waals surface area contributed by atoms with Gasteiger partial charge < -0.3 is 10.9 Å². The number of rotatable bonds is 5.